The van der Waals surface area contributed by atoms with Gasteiger partial charge in [0.2, 0.25) is 11.6 Å². The molecular weight excluding hydrogens is 342 g/mol. The first-order chi connectivity index (χ1) is 13.2. The number of likely N-dealkylation sites (tertiary alicyclic amines) is 1. The molecular formula is C20H19N5O2. The SMILES string of the molecule is Cn1cc(CC(=O)N2CC[C@@H](Oc3nccnc3C#N)C2)c2ccccc21. The number of aromatic nitrogens is 3. The van der Waals surface area contributed by atoms with Crippen LogP contribution in [-0.2, 0) is 18.3 Å². The van der Waals surface area contributed by atoms with Crippen molar-refractivity contribution >= 4 is 16.8 Å². The number of ether oxygens (including phenoxy) is 1. The number of para-hydroxylation sites is 1. The van der Waals surface area contributed by atoms with E-state index in [1.165, 1.54) is 12.4 Å². The third-order valence-electron chi connectivity index (χ3n) is 4.87. The van der Waals surface area contributed by atoms with Gasteiger partial charge < -0.3 is 14.2 Å². The Bertz CT molecular complexity index is 1040. The largest absolute Gasteiger partial charge is 0.470 e. The lowest BCUT2D eigenvalue weighted by Gasteiger charge is -2.17. The van der Waals surface area contributed by atoms with E-state index in [1.54, 1.807) is 0 Å². The van der Waals surface area contributed by atoms with Crippen molar-refractivity contribution in [2.45, 2.75) is 18.9 Å². The van der Waals surface area contributed by atoms with Crippen LogP contribution in [0.15, 0.2) is 42.9 Å². The minimum Gasteiger partial charge on any atom is -0.470 e. The molecule has 136 valence electrons. The van der Waals surface area contributed by atoms with Gasteiger partial charge >= 0.3 is 0 Å². The van der Waals surface area contributed by atoms with Crippen LogP contribution in [0, 0.1) is 11.3 Å². The molecule has 3 heterocycles. The smallest absolute Gasteiger partial charge is 0.251 e. The summed E-state index contributed by atoms with van der Waals surface area (Å²) in [5.41, 5.74) is 2.32. The van der Waals surface area contributed by atoms with Crippen LogP contribution in [0.1, 0.15) is 17.7 Å². The van der Waals surface area contributed by atoms with Crippen molar-refractivity contribution in [3.05, 3.63) is 54.1 Å². The Morgan fingerprint density at radius 1 is 1.33 bits per heavy atom. The molecule has 7 nitrogen and oxygen atoms in total. The van der Waals surface area contributed by atoms with Gasteiger partial charge in [0.25, 0.3) is 5.88 Å². The molecule has 0 radical (unpaired) electrons. The molecule has 0 saturated carbocycles. The number of nitriles is 1. The summed E-state index contributed by atoms with van der Waals surface area (Å²) < 4.78 is 7.86. The number of fused-ring (bicyclic) bond motifs is 1. The third-order valence-corrected chi connectivity index (χ3v) is 4.87. The molecule has 4 rings (SSSR count). The molecule has 3 aromatic rings. The van der Waals surface area contributed by atoms with Gasteiger partial charge in [-0.3, -0.25) is 4.79 Å². The van der Waals surface area contributed by atoms with Crippen LogP contribution in [0.25, 0.3) is 10.9 Å². The fourth-order valence-electron chi connectivity index (χ4n) is 3.54. The lowest BCUT2D eigenvalue weighted by Crippen LogP contribution is -2.32. The number of nitrogens with zero attached hydrogens (tertiary/aromatic N) is 5. The molecule has 27 heavy (non-hydrogen) atoms. The average molecular weight is 361 g/mol. The molecule has 7 heteroatoms. The molecule has 1 aliphatic heterocycles. The topological polar surface area (TPSA) is 84.0 Å². The Hall–Kier alpha value is -3.40. The van der Waals surface area contributed by atoms with E-state index in [-0.39, 0.29) is 23.6 Å². The number of benzene rings is 1. The average Bonchev–Trinajstić information content (AvgIpc) is 3.28. The normalized spacial score (nSPS) is 16.4. The van der Waals surface area contributed by atoms with E-state index in [9.17, 15) is 4.79 Å². The van der Waals surface area contributed by atoms with Gasteiger partial charge in [-0.05, 0) is 11.6 Å². The summed E-state index contributed by atoms with van der Waals surface area (Å²) in [5.74, 6) is 0.311. The molecule has 1 aromatic carbocycles. The second kappa shape index (κ2) is 7.08. The Morgan fingerprint density at radius 2 is 2.15 bits per heavy atom. The quantitative estimate of drug-likeness (QED) is 0.710. The number of aryl methyl sites for hydroxylation is 1. The van der Waals surface area contributed by atoms with Crippen molar-refractivity contribution in [3.63, 3.8) is 0 Å². The zero-order valence-electron chi connectivity index (χ0n) is 15.0. The van der Waals surface area contributed by atoms with E-state index in [2.05, 4.69) is 16.0 Å². The second-order valence-electron chi connectivity index (χ2n) is 6.65. The summed E-state index contributed by atoms with van der Waals surface area (Å²) in [7, 11) is 1.99. The summed E-state index contributed by atoms with van der Waals surface area (Å²) >= 11 is 0. The van der Waals surface area contributed by atoms with Crippen LogP contribution in [0.5, 0.6) is 5.88 Å². The predicted octanol–water partition coefficient (Wildman–Crippen LogP) is 2.06. The maximum atomic E-state index is 12.8. The maximum Gasteiger partial charge on any atom is 0.251 e. The second-order valence-corrected chi connectivity index (χ2v) is 6.65. The van der Waals surface area contributed by atoms with Gasteiger partial charge in [-0.15, -0.1) is 0 Å². The van der Waals surface area contributed by atoms with Gasteiger partial charge in [0.1, 0.15) is 12.2 Å². The van der Waals surface area contributed by atoms with Crippen molar-refractivity contribution in [3.8, 4) is 11.9 Å². The van der Waals surface area contributed by atoms with Crippen molar-refractivity contribution in [1.29, 1.82) is 5.26 Å². The molecule has 1 saturated heterocycles. The first kappa shape index (κ1) is 17.0. The molecule has 1 aliphatic rings. The standard InChI is InChI=1S/C20H19N5O2/c1-24-12-14(16-4-2-3-5-18(16)24)10-19(26)25-9-6-15(13-25)27-20-17(11-21)22-7-8-23-20/h2-5,7-8,12,15H,6,9-10,13H2,1H3/t15-/m1/s1. The summed E-state index contributed by atoms with van der Waals surface area (Å²) in [5, 5.41) is 10.2. The first-order valence-corrected chi connectivity index (χ1v) is 8.84. The van der Waals surface area contributed by atoms with Gasteiger partial charge in [-0.2, -0.15) is 5.26 Å². The lowest BCUT2D eigenvalue weighted by atomic mass is 10.1. The molecule has 0 bridgehead atoms. The van der Waals surface area contributed by atoms with Crippen molar-refractivity contribution in [2.75, 3.05) is 13.1 Å². The molecule has 0 spiro atoms. The van der Waals surface area contributed by atoms with Gasteiger partial charge in [0.15, 0.2) is 0 Å². The van der Waals surface area contributed by atoms with Gasteiger partial charge in [0, 0.05) is 49.5 Å². The molecule has 1 fully saturated rings. The fraction of sp³-hybridized carbons (Fsp3) is 0.300. The van der Waals surface area contributed by atoms with E-state index in [0.717, 1.165) is 16.5 Å². The van der Waals surface area contributed by atoms with Gasteiger partial charge in [-0.1, -0.05) is 18.2 Å². The molecule has 0 N–H and O–H groups in total. The monoisotopic (exact) mass is 361 g/mol. The molecule has 0 unspecified atom stereocenters. The highest BCUT2D eigenvalue weighted by molar-refractivity contribution is 5.89. The van der Waals surface area contributed by atoms with Crippen LogP contribution >= 0.6 is 0 Å². The summed E-state index contributed by atoms with van der Waals surface area (Å²) in [6.07, 6.45) is 5.87. The van der Waals surface area contributed by atoms with Crippen molar-refractivity contribution in [2.24, 2.45) is 7.05 Å². The third kappa shape index (κ3) is 3.34. The Labute approximate surface area is 156 Å². The maximum absolute atomic E-state index is 12.8. The van der Waals surface area contributed by atoms with Crippen LogP contribution in [0.2, 0.25) is 0 Å². The van der Waals surface area contributed by atoms with Gasteiger partial charge in [-0.25, -0.2) is 9.97 Å². The Kier molecular flexibility index (Phi) is 4.47. The number of amides is 1. The van der Waals surface area contributed by atoms with Crippen molar-refractivity contribution in [1.82, 2.24) is 19.4 Å². The summed E-state index contributed by atoms with van der Waals surface area (Å²) in [6.45, 7) is 1.13. The predicted molar refractivity (Wildman–Crippen MR) is 99.0 cm³/mol. The molecule has 1 amide bonds. The van der Waals surface area contributed by atoms with E-state index >= 15 is 0 Å². The number of rotatable bonds is 4. The van der Waals surface area contributed by atoms with Crippen LogP contribution in [0.3, 0.4) is 0 Å². The number of hydrogen-bond acceptors (Lipinski definition) is 5. The van der Waals surface area contributed by atoms with Crippen molar-refractivity contribution < 1.29 is 9.53 Å². The highest BCUT2D eigenvalue weighted by atomic mass is 16.5. The van der Waals surface area contributed by atoms with Crippen LogP contribution < -0.4 is 4.74 Å². The minimum absolute atomic E-state index is 0.0807. The number of hydrogen-bond donors (Lipinski definition) is 0. The molecule has 2 aromatic heterocycles. The lowest BCUT2D eigenvalue weighted by molar-refractivity contribution is -0.129. The van der Waals surface area contributed by atoms with E-state index < -0.39 is 0 Å². The highest BCUT2D eigenvalue weighted by Crippen LogP contribution is 2.23. The summed E-state index contributed by atoms with van der Waals surface area (Å²) in [4.78, 5) is 22.6. The number of carbonyl (C=O) groups is 1. The van der Waals surface area contributed by atoms with E-state index in [1.807, 2.05) is 47.0 Å². The zero-order chi connectivity index (χ0) is 18.8. The molecule has 0 aliphatic carbocycles. The highest BCUT2D eigenvalue weighted by Gasteiger charge is 2.29. The Balaban J connectivity index is 1.43. The molecule has 1 atom stereocenters. The fourth-order valence-corrected chi connectivity index (χ4v) is 3.54. The van der Waals surface area contributed by atoms with Gasteiger partial charge in [0.05, 0.1) is 13.0 Å². The van der Waals surface area contributed by atoms with E-state index in [4.69, 9.17) is 10.00 Å². The minimum atomic E-state index is -0.176. The van der Waals surface area contributed by atoms with Crippen LogP contribution in [0.4, 0.5) is 0 Å². The van der Waals surface area contributed by atoms with Crippen LogP contribution in [-0.4, -0.2) is 44.5 Å². The zero-order valence-corrected chi connectivity index (χ0v) is 15.0. The number of carbonyl (C=O) groups excluding carboxylic acids is 1. The Morgan fingerprint density at radius 3 is 3.00 bits per heavy atom. The summed E-state index contributed by atoms with van der Waals surface area (Å²) in [6, 6.07) is 10.1. The first-order valence-electron chi connectivity index (χ1n) is 8.84. The van der Waals surface area contributed by atoms with E-state index in [0.29, 0.717) is 25.9 Å².